The van der Waals surface area contributed by atoms with Crippen LogP contribution in [0, 0.1) is 0 Å². The average molecular weight is 363 g/mol. The first-order valence-electron chi connectivity index (χ1n) is 6.43. The van der Waals surface area contributed by atoms with E-state index in [-0.39, 0.29) is 6.42 Å². The number of hydrogen-bond acceptors (Lipinski definition) is 3. The number of carboxylic acids is 1. The van der Waals surface area contributed by atoms with Gasteiger partial charge in [0.2, 0.25) is 0 Å². The van der Waals surface area contributed by atoms with Crippen LogP contribution in [0.25, 0.3) is 0 Å². The van der Waals surface area contributed by atoms with Crippen molar-refractivity contribution in [2.45, 2.75) is 18.9 Å². The first-order chi connectivity index (χ1) is 9.43. The zero-order chi connectivity index (χ0) is 14.8. The van der Waals surface area contributed by atoms with Crippen molar-refractivity contribution in [2.75, 3.05) is 26.3 Å². The summed E-state index contributed by atoms with van der Waals surface area (Å²) in [6.45, 7) is 4.57. The minimum absolute atomic E-state index is 0.00829. The lowest BCUT2D eigenvalue weighted by Gasteiger charge is -2.43. The average Bonchev–Trinajstić information content (AvgIpc) is 2.38. The topological polar surface area (TPSA) is 49.8 Å². The van der Waals surface area contributed by atoms with Gasteiger partial charge >= 0.3 is 5.97 Å². The molecule has 1 saturated heterocycles. The van der Waals surface area contributed by atoms with Gasteiger partial charge in [-0.3, -0.25) is 9.69 Å². The van der Waals surface area contributed by atoms with Gasteiger partial charge in [-0.05, 0) is 24.6 Å². The van der Waals surface area contributed by atoms with E-state index >= 15 is 0 Å². The van der Waals surface area contributed by atoms with Crippen molar-refractivity contribution in [1.82, 2.24) is 4.90 Å². The van der Waals surface area contributed by atoms with Gasteiger partial charge in [0.05, 0.1) is 25.2 Å². The SMILES string of the molecule is CC(CC(=O)O)(c1ccc(Br)cc1Cl)N1CCOCC1. The number of morpholine rings is 1. The molecule has 0 aromatic heterocycles. The molecule has 4 nitrogen and oxygen atoms in total. The highest BCUT2D eigenvalue weighted by atomic mass is 79.9. The van der Waals surface area contributed by atoms with E-state index in [9.17, 15) is 9.90 Å². The molecule has 0 radical (unpaired) electrons. The van der Waals surface area contributed by atoms with Crippen molar-refractivity contribution >= 4 is 33.5 Å². The van der Waals surface area contributed by atoms with E-state index in [4.69, 9.17) is 16.3 Å². The third kappa shape index (κ3) is 3.34. The lowest BCUT2D eigenvalue weighted by atomic mass is 9.86. The molecular formula is C14H17BrClNO3. The lowest BCUT2D eigenvalue weighted by Crippen LogP contribution is -2.50. The van der Waals surface area contributed by atoms with E-state index in [2.05, 4.69) is 20.8 Å². The fourth-order valence-electron chi connectivity index (χ4n) is 2.65. The van der Waals surface area contributed by atoms with Gasteiger partial charge in [0.1, 0.15) is 0 Å². The van der Waals surface area contributed by atoms with E-state index in [0.717, 1.165) is 10.0 Å². The molecule has 1 N–H and O–H groups in total. The summed E-state index contributed by atoms with van der Waals surface area (Å²) in [6.07, 6.45) is 0.00829. The number of nitrogens with zero attached hydrogens (tertiary/aromatic N) is 1. The van der Waals surface area contributed by atoms with E-state index in [1.165, 1.54) is 0 Å². The summed E-state index contributed by atoms with van der Waals surface area (Å²) >= 11 is 9.71. The Labute approximate surface area is 131 Å². The molecule has 1 aromatic rings. The number of carbonyl (C=O) groups is 1. The first kappa shape index (κ1) is 15.8. The highest BCUT2D eigenvalue weighted by Gasteiger charge is 2.38. The number of ether oxygens (including phenoxy) is 1. The maximum absolute atomic E-state index is 11.3. The number of carboxylic acid groups (broad SMARTS) is 1. The molecule has 0 amide bonds. The molecule has 1 aromatic carbocycles. The molecule has 0 spiro atoms. The van der Waals surface area contributed by atoms with Gasteiger partial charge in [-0.25, -0.2) is 0 Å². The van der Waals surface area contributed by atoms with Crippen LogP contribution >= 0.6 is 27.5 Å². The summed E-state index contributed by atoms with van der Waals surface area (Å²) in [7, 11) is 0. The van der Waals surface area contributed by atoms with Crippen molar-refractivity contribution in [3.63, 3.8) is 0 Å². The van der Waals surface area contributed by atoms with E-state index in [1.54, 1.807) is 6.07 Å². The van der Waals surface area contributed by atoms with Crippen molar-refractivity contribution < 1.29 is 14.6 Å². The molecular weight excluding hydrogens is 346 g/mol. The molecule has 1 heterocycles. The first-order valence-corrected chi connectivity index (χ1v) is 7.61. The number of benzene rings is 1. The Morgan fingerprint density at radius 2 is 2.15 bits per heavy atom. The molecule has 1 fully saturated rings. The predicted octanol–water partition coefficient (Wildman–Crippen LogP) is 3.12. The Morgan fingerprint density at radius 3 is 2.70 bits per heavy atom. The van der Waals surface area contributed by atoms with Crippen LogP contribution in [0.15, 0.2) is 22.7 Å². The number of halogens is 2. The van der Waals surface area contributed by atoms with Crippen LogP contribution in [0.3, 0.4) is 0 Å². The molecule has 0 bridgehead atoms. The minimum atomic E-state index is -0.835. The van der Waals surface area contributed by atoms with Crippen LogP contribution in [0.5, 0.6) is 0 Å². The second-order valence-corrected chi connectivity index (χ2v) is 6.39. The summed E-state index contributed by atoms with van der Waals surface area (Å²) < 4.78 is 6.24. The third-order valence-electron chi connectivity index (χ3n) is 3.72. The van der Waals surface area contributed by atoms with Gasteiger partial charge in [-0.2, -0.15) is 0 Å². The predicted molar refractivity (Wildman–Crippen MR) is 81.1 cm³/mol. The third-order valence-corrected chi connectivity index (χ3v) is 4.52. The molecule has 1 aliphatic rings. The fraction of sp³-hybridized carbons (Fsp3) is 0.500. The number of aliphatic carboxylic acids is 1. The van der Waals surface area contributed by atoms with E-state index in [1.807, 2.05) is 19.1 Å². The van der Waals surface area contributed by atoms with E-state index in [0.29, 0.717) is 31.3 Å². The van der Waals surface area contributed by atoms with Crippen molar-refractivity contribution in [3.05, 3.63) is 33.3 Å². The summed E-state index contributed by atoms with van der Waals surface area (Å²) in [4.78, 5) is 13.4. The molecule has 0 saturated carbocycles. The highest BCUT2D eigenvalue weighted by molar-refractivity contribution is 9.10. The van der Waals surface area contributed by atoms with Crippen LogP contribution in [0.2, 0.25) is 5.02 Å². The van der Waals surface area contributed by atoms with Crippen molar-refractivity contribution in [2.24, 2.45) is 0 Å². The molecule has 2 rings (SSSR count). The fourth-order valence-corrected chi connectivity index (χ4v) is 3.53. The lowest BCUT2D eigenvalue weighted by molar-refractivity contribution is -0.141. The Hall–Kier alpha value is -0.620. The Bertz CT molecular complexity index is 505. The molecule has 1 aliphatic heterocycles. The Morgan fingerprint density at radius 1 is 1.50 bits per heavy atom. The maximum Gasteiger partial charge on any atom is 0.305 e. The van der Waals surface area contributed by atoms with Gasteiger partial charge in [0.15, 0.2) is 0 Å². The molecule has 1 atom stereocenters. The summed E-state index contributed by atoms with van der Waals surface area (Å²) in [6, 6.07) is 5.59. The monoisotopic (exact) mass is 361 g/mol. The Balaban J connectivity index is 2.41. The normalized spacial score (nSPS) is 19.6. The van der Waals surface area contributed by atoms with Crippen LogP contribution in [-0.2, 0) is 15.1 Å². The molecule has 6 heteroatoms. The zero-order valence-electron chi connectivity index (χ0n) is 11.2. The second kappa shape index (κ2) is 6.43. The van der Waals surface area contributed by atoms with Crippen LogP contribution in [0.4, 0.5) is 0 Å². The Kier molecular flexibility index (Phi) is 5.07. The zero-order valence-corrected chi connectivity index (χ0v) is 13.6. The standard InChI is InChI=1S/C14H17BrClNO3/c1-14(9-13(18)19,17-4-6-20-7-5-17)11-3-2-10(15)8-12(11)16/h2-3,8H,4-7,9H2,1H3,(H,18,19). The van der Waals surface area contributed by atoms with Gasteiger partial charge < -0.3 is 9.84 Å². The highest BCUT2D eigenvalue weighted by Crippen LogP contribution is 2.38. The minimum Gasteiger partial charge on any atom is -0.481 e. The van der Waals surface area contributed by atoms with Crippen LogP contribution < -0.4 is 0 Å². The van der Waals surface area contributed by atoms with Gasteiger partial charge in [-0.1, -0.05) is 33.6 Å². The van der Waals surface area contributed by atoms with E-state index < -0.39 is 11.5 Å². The molecule has 1 unspecified atom stereocenters. The van der Waals surface area contributed by atoms with Crippen LogP contribution in [0.1, 0.15) is 18.9 Å². The second-order valence-electron chi connectivity index (χ2n) is 5.07. The van der Waals surface area contributed by atoms with Gasteiger partial charge in [-0.15, -0.1) is 0 Å². The number of hydrogen-bond donors (Lipinski definition) is 1. The smallest absolute Gasteiger partial charge is 0.305 e. The molecule has 0 aliphatic carbocycles. The summed E-state index contributed by atoms with van der Waals surface area (Å²) in [5.74, 6) is -0.835. The quantitative estimate of drug-likeness (QED) is 0.894. The van der Waals surface area contributed by atoms with Gasteiger partial charge in [0, 0.05) is 22.6 Å². The van der Waals surface area contributed by atoms with Crippen LogP contribution in [-0.4, -0.2) is 42.3 Å². The summed E-state index contributed by atoms with van der Waals surface area (Å²) in [5, 5.41) is 9.85. The van der Waals surface area contributed by atoms with Gasteiger partial charge in [0.25, 0.3) is 0 Å². The molecule has 20 heavy (non-hydrogen) atoms. The maximum atomic E-state index is 11.3. The van der Waals surface area contributed by atoms with Crippen molar-refractivity contribution in [3.8, 4) is 0 Å². The summed E-state index contributed by atoms with van der Waals surface area (Å²) in [5.41, 5.74) is 0.208. The largest absolute Gasteiger partial charge is 0.481 e. The van der Waals surface area contributed by atoms with Crippen molar-refractivity contribution in [1.29, 1.82) is 0 Å². The molecule has 110 valence electrons. The number of rotatable bonds is 4.